The van der Waals surface area contributed by atoms with Gasteiger partial charge in [0.1, 0.15) is 0 Å². The fraction of sp³-hybridized carbons (Fsp3) is 0.842. The van der Waals surface area contributed by atoms with Gasteiger partial charge in [-0.2, -0.15) is 0 Å². The highest BCUT2D eigenvalue weighted by molar-refractivity contribution is 8.15. The molecule has 0 heterocycles. The predicted octanol–water partition coefficient (Wildman–Crippen LogP) is 6.67. The van der Waals surface area contributed by atoms with Gasteiger partial charge in [-0.3, -0.25) is 4.79 Å². The standard InChI is InChI=1S/C19H34OS/c1-4-5-6-8-11-14-19(21-18(20)17(2)3)15-12-9-7-10-13-16-19/h2,4-16H2,1,3H3. The van der Waals surface area contributed by atoms with Gasteiger partial charge in [-0.15, -0.1) is 0 Å². The first-order valence-electron chi connectivity index (χ1n) is 8.98. The molecule has 0 bridgehead atoms. The molecule has 1 aliphatic rings. The van der Waals surface area contributed by atoms with Crippen LogP contribution in [0.1, 0.15) is 97.3 Å². The first-order chi connectivity index (χ1) is 10.1. The van der Waals surface area contributed by atoms with Crippen molar-refractivity contribution in [3.8, 4) is 0 Å². The normalized spacial score (nSPS) is 18.8. The summed E-state index contributed by atoms with van der Waals surface area (Å²) < 4.78 is 0.211. The molecule has 0 amide bonds. The van der Waals surface area contributed by atoms with Crippen LogP contribution in [0, 0.1) is 0 Å². The van der Waals surface area contributed by atoms with Crippen molar-refractivity contribution in [1.82, 2.24) is 0 Å². The summed E-state index contributed by atoms with van der Waals surface area (Å²) in [4.78, 5) is 12.2. The lowest BCUT2D eigenvalue weighted by molar-refractivity contribution is -0.107. The molecular weight excluding hydrogens is 276 g/mol. The summed E-state index contributed by atoms with van der Waals surface area (Å²) in [6, 6.07) is 0. The third kappa shape index (κ3) is 7.54. The summed E-state index contributed by atoms with van der Waals surface area (Å²) in [5.74, 6) is 0. The van der Waals surface area contributed by atoms with Gasteiger partial charge < -0.3 is 0 Å². The van der Waals surface area contributed by atoms with Crippen LogP contribution < -0.4 is 0 Å². The Morgan fingerprint density at radius 3 is 2.14 bits per heavy atom. The molecule has 1 aliphatic carbocycles. The second-order valence-corrected chi connectivity index (χ2v) is 8.23. The summed E-state index contributed by atoms with van der Waals surface area (Å²) in [6.07, 6.45) is 17.0. The molecule has 1 fully saturated rings. The maximum absolute atomic E-state index is 12.2. The topological polar surface area (TPSA) is 17.1 Å². The molecule has 0 atom stereocenters. The zero-order chi connectivity index (χ0) is 15.6. The molecule has 0 aliphatic heterocycles. The molecule has 0 N–H and O–H groups in total. The Hall–Kier alpha value is -0.240. The number of hydrogen-bond donors (Lipinski definition) is 0. The minimum absolute atomic E-state index is 0.211. The van der Waals surface area contributed by atoms with E-state index in [0.717, 1.165) is 0 Å². The van der Waals surface area contributed by atoms with Gasteiger partial charge in [-0.1, -0.05) is 89.5 Å². The van der Waals surface area contributed by atoms with E-state index >= 15 is 0 Å². The number of rotatable bonds is 8. The van der Waals surface area contributed by atoms with Gasteiger partial charge in [0.05, 0.1) is 0 Å². The van der Waals surface area contributed by atoms with Gasteiger partial charge in [-0.25, -0.2) is 0 Å². The quantitative estimate of drug-likeness (QED) is 0.368. The Balaban J connectivity index is 2.58. The van der Waals surface area contributed by atoms with Crippen LogP contribution in [0.2, 0.25) is 0 Å². The summed E-state index contributed by atoms with van der Waals surface area (Å²) in [5.41, 5.74) is 0.715. The highest BCUT2D eigenvalue weighted by Crippen LogP contribution is 2.43. The lowest BCUT2D eigenvalue weighted by atomic mass is 9.86. The van der Waals surface area contributed by atoms with Crippen molar-refractivity contribution >= 4 is 16.9 Å². The molecule has 0 spiro atoms. The molecular formula is C19H34OS. The van der Waals surface area contributed by atoms with Gasteiger partial charge in [0, 0.05) is 4.75 Å². The molecule has 0 aromatic rings. The molecule has 1 saturated carbocycles. The van der Waals surface area contributed by atoms with Crippen LogP contribution in [0.15, 0.2) is 12.2 Å². The molecule has 1 rings (SSSR count). The second kappa shape index (κ2) is 10.5. The molecule has 0 unspecified atom stereocenters. The van der Waals surface area contributed by atoms with Crippen molar-refractivity contribution in [2.45, 2.75) is 102 Å². The van der Waals surface area contributed by atoms with E-state index in [1.165, 1.54) is 83.5 Å². The Bertz CT molecular complexity index is 314. The van der Waals surface area contributed by atoms with Crippen molar-refractivity contribution in [2.75, 3.05) is 0 Å². The number of carbonyl (C=O) groups is 1. The Morgan fingerprint density at radius 2 is 1.57 bits per heavy atom. The first kappa shape index (κ1) is 18.8. The highest BCUT2D eigenvalue weighted by Gasteiger charge is 2.33. The van der Waals surface area contributed by atoms with E-state index in [1.54, 1.807) is 11.8 Å². The van der Waals surface area contributed by atoms with Gasteiger partial charge in [0.15, 0.2) is 0 Å². The second-order valence-electron chi connectivity index (χ2n) is 6.78. The van der Waals surface area contributed by atoms with Gasteiger partial charge >= 0.3 is 0 Å². The van der Waals surface area contributed by atoms with Gasteiger partial charge in [0.2, 0.25) is 5.12 Å². The van der Waals surface area contributed by atoms with Crippen LogP contribution in [-0.4, -0.2) is 9.86 Å². The van der Waals surface area contributed by atoms with Crippen LogP contribution in [0.5, 0.6) is 0 Å². The molecule has 1 nitrogen and oxygen atoms in total. The van der Waals surface area contributed by atoms with Crippen molar-refractivity contribution in [3.63, 3.8) is 0 Å². The van der Waals surface area contributed by atoms with E-state index in [4.69, 9.17) is 0 Å². The molecule has 0 aromatic heterocycles. The van der Waals surface area contributed by atoms with Crippen LogP contribution in [0.25, 0.3) is 0 Å². The molecule has 2 heteroatoms. The van der Waals surface area contributed by atoms with Crippen molar-refractivity contribution < 1.29 is 4.79 Å². The lowest BCUT2D eigenvalue weighted by Gasteiger charge is -2.34. The van der Waals surface area contributed by atoms with E-state index in [9.17, 15) is 4.79 Å². The summed E-state index contributed by atoms with van der Waals surface area (Å²) in [7, 11) is 0. The summed E-state index contributed by atoms with van der Waals surface area (Å²) >= 11 is 1.62. The maximum atomic E-state index is 12.2. The van der Waals surface area contributed by atoms with Crippen LogP contribution in [0.3, 0.4) is 0 Å². The van der Waals surface area contributed by atoms with Crippen LogP contribution >= 0.6 is 11.8 Å². The van der Waals surface area contributed by atoms with E-state index in [2.05, 4.69) is 13.5 Å². The molecule has 122 valence electrons. The third-order valence-corrected chi connectivity index (χ3v) is 6.24. The van der Waals surface area contributed by atoms with Gasteiger partial charge in [-0.05, 0) is 31.8 Å². The Kier molecular flexibility index (Phi) is 9.39. The largest absolute Gasteiger partial charge is 0.282 e. The first-order valence-corrected chi connectivity index (χ1v) is 9.80. The summed E-state index contributed by atoms with van der Waals surface area (Å²) in [6.45, 7) is 7.96. The minimum Gasteiger partial charge on any atom is -0.282 e. The monoisotopic (exact) mass is 310 g/mol. The zero-order valence-electron chi connectivity index (χ0n) is 14.2. The minimum atomic E-state index is 0.211. The van der Waals surface area contributed by atoms with Crippen LogP contribution in [0.4, 0.5) is 0 Å². The highest BCUT2D eigenvalue weighted by atomic mass is 32.2. The van der Waals surface area contributed by atoms with Crippen LogP contribution in [-0.2, 0) is 4.79 Å². The van der Waals surface area contributed by atoms with Gasteiger partial charge in [0.25, 0.3) is 0 Å². The number of hydrogen-bond acceptors (Lipinski definition) is 2. The Morgan fingerprint density at radius 1 is 1.00 bits per heavy atom. The van der Waals surface area contributed by atoms with E-state index in [0.29, 0.717) is 5.57 Å². The third-order valence-electron chi connectivity index (χ3n) is 4.66. The molecule has 0 radical (unpaired) electrons. The lowest BCUT2D eigenvalue weighted by Crippen LogP contribution is -2.28. The molecule has 0 aromatic carbocycles. The van der Waals surface area contributed by atoms with Crippen molar-refractivity contribution in [3.05, 3.63) is 12.2 Å². The summed E-state index contributed by atoms with van der Waals surface area (Å²) in [5, 5.41) is 0.226. The molecule has 0 saturated heterocycles. The Labute approximate surface area is 136 Å². The number of thioether (sulfide) groups is 1. The van der Waals surface area contributed by atoms with E-state index in [1.807, 2.05) is 6.92 Å². The zero-order valence-corrected chi connectivity index (χ0v) is 15.0. The fourth-order valence-corrected chi connectivity index (χ4v) is 4.59. The maximum Gasteiger partial charge on any atom is 0.214 e. The van der Waals surface area contributed by atoms with E-state index < -0.39 is 0 Å². The van der Waals surface area contributed by atoms with Crippen molar-refractivity contribution in [1.29, 1.82) is 0 Å². The average Bonchev–Trinajstić information content (AvgIpc) is 2.42. The number of unbranched alkanes of at least 4 members (excludes halogenated alkanes) is 4. The van der Waals surface area contributed by atoms with E-state index in [-0.39, 0.29) is 9.86 Å². The number of carbonyl (C=O) groups excluding carboxylic acids is 1. The SMILES string of the molecule is C=C(C)C(=O)SC1(CCCCCCC)CCCCCCC1. The smallest absolute Gasteiger partial charge is 0.214 e. The fourth-order valence-electron chi connectivity index (χ4n) is 3.29. The predicted molar refractivity (Wildman–Crippen MR) is 95.8 cm³/mol. The molecule has 21 heavy (non-hydrogen) atoms. The van der Waals surface area contributed by atoms with Crippen molar-refractivity contribution in [2.24, 2.45) is 0 Å². The average molecular weight is 311 g/mol.